The third-order valence-electron chi connectivity index (χ3n) is 4.04. The van der Waals surface area contributed by atoms with Crippen LogP contribution in [0.25, 0.3) is 0 Å². The first kappa shape index (κ1) is 15.5. The van der Waals surface area contributed by atoms with E-state index in [0.717, 1.165) is 29.8 Å². The minimum atomic E-state index is -3.21. The highest BCUT2D eigenvalue weighted by molar-refractivity contribution is 7.90. The summed E-state index contributed by atoms with van der Waals surface area (Å²) in [5.41, 5.74) is 3.07. The second kappa shape index (κ2) is 5.66. The number of sulfone groups is 1. The molecule has 0 bridgehead atoms. The van der Waals surface area contributed by atoms with Gasteiger partial charge in [0.25, 0.3) is 5.69 Å². The number of hydrogen-bond acceptors (Lipinski definition) is 5. The maximum absolute atomic E-state index is 11.5. The van der Waals surface area contributed by atoms with Crippen LogP contribution in [0.5, 0.6) is 0 Å². The molecular weight excluding hydrogens is 316 g/mol. The van der Waals surface area contributed by atoms with Crippen LogP contribution in [0.4, 0.5) is 11.4 Å². The maximum atomic E-state index is 11.5. The van der Waals surface area contributed by atoms with Gasteiger partial charge in [0.1, 0.15) is 0 Å². The zero-order valence-corrected chi connectivity index (χ0v) is 13.4. The van der Waals surface area contributed by atoms with Gasteiger partial charge in [-0.25, -0.2) is 8.42 Å². The molecule has 1 aliphatic heterocycles. The van der Waals surface area contributed by atoms with Gasteiger partial charge >= 0.3 is 0 Å². The Morgan fingerprint density at radius 1 is 1.09 bits per heavy atom. The molecule has 0 N–H and O–H groups in total. The average Bonchev–Trinajstić information content (AvgIpc) is 2.53. The molecule has 0 fully saturated rings. The van der Waals surface area contributed by atoms with Crippen LogP contribution < -0.4 is 4.90 Å². The van der Waals surface area contributed by atoms with Gasteiger partial charge in [-0.05, 0) is 41.8 Å². The highest BCUT2D eigenvalue weighted by Crippen LogP contribution is 2.28. The molecule has 0 atom stereocenters. The number of rotatable bonds is 3. The van der Waals surface area contributed by atoms with E-state index in [4.69, 9.17) is 0 Å². The van der Waals surface area contributed by atoms with Crippen LogP contribution in [0.1, 0.15) is 11.1 Å². The summed E-state index contributed by atoms with van der Waals surface area (Å²) >= 11 is 0. The Kier molecular flexibility index (Phi) is 3.81. The molecule has 3 rings (SSSR count). The van der Waals surface area contributed by atoms with Crippen molar-refractivity contribution in [1.29, 1.82) is 0 Å². The largest absolute Gasteiger partial charge is 0.367 e. The summed E-state index contributed by atoms with van der Waals surface area (Å²) in [6.45, 7) is 1.37. The van der Waals surface area contributed by atoms with E-state index in [-0.39, 0.29) is 15.5 Å². The third-order valence-corrected chi connectivity index (χ3v) is 5.17. The molecule has 7 heteroatoms. The van der Waals surface area contributed by atoms with Crippen molar-refractivity contribution in [2.24, 2.45) is 0 Å². The van der Waals surface area contributed by atoms with Gasteiger partial charge in [-0.1, -0.05) is 6.07 Å². The molecule has 0 saturated heterocycles. The standard InChI is InChI=1S/C16H16N2O4S/c1-23(21,22)16-6-4-14(5-7-16)17-9-8-12-2-3-15(18(19)20)10-13(12)11-17/h2-7,10H,8-9,11H2,1H3. The van der Waals surface area contributed by atoms with Crippen molar-refractivity contribution in [3.05, 3.63) is 63.7 Å². The Balaban J connectivity index is 1.86. The van der Waals surface area contributed by atoms with Crippen molar-refractivity contribution in [3.63, 3.8) is 0 Å². The van der Waals surface area contributed by atoms with E-state index < -0.39 is 9.84 Å². The van der Waals surface area contributed by atoms with E-state index in [9.17, 15) is 18.5 Å². The van der Waals surface area contributed by atoms with Crippen molar-refractivity contribution in [2.75, 3.05) is 17.7 Å². The van der Waals surface area contributed by atoms with Crippen molar-refractivity contribution in [3.8, 4) is 0 Å². The van der Waals surface area contributed by atoms with Crippen LogP contribution in [0.15, 0.2) is 47.4 Å². The van der Waals surface area contributed by atoms with E-state index in [1.165, 1.54) is 12.3 Å². The van der Waals surface area contributed by atoms with Crippen LogP contribution in [-0.2, 0) is 22.8 Å². The lowest BCUT2D eigenvalue weighted by atomic mass is 9.98. The smallest absolute Gasteiger partial charge is 0.269 e. The molecule has 0 aliphatic carbocycles. The number of nitrogens with zero attached hydrogens (tertiary/aromatic N) is 2. The minimum absolute atomic E-state index is 0.0954. The third kappa shape index (κ3) is 3.19. The molecular formula is C16H16N2O4S. The van der Waals surface area contributed by atoms with Crippen molar-refractivity contribution in [2.45, 2.75) is 17.9 Å². The lowest BCUT2D eigenvalue weighted by molar-refractivity contribution is -0.384. The second-order valence-corrected chi connectivity index (χ2v) is 7.66. The summed E-state index contributed by atoms with van der Waals surface area (Å²) in [6, 6.07) is 11.7. The van der Waals surface area contributed by atoms with Crippen LogP contribution in [0, 0.1) is 10.1 Å². The Morgan fingerprint density at radius 3 is 2.39 bits per heavy atom. The number of fused-ring (bicyclic) bond motifs is 1. The molecule has 120 valence electrons. The van der Waals surface area contributed by atoms with E-state index >= 15 is 0 Å². The fourth-order valence-electron chi connectivity index (χ4n) is 2.78. The summed E-state index contributed by atoms with van der Waals surface area (Å²) in [7, 11) is -3.21. The summed E-state index contributed by atoms with van der Waals surface area (Å²) in [5.74, 6) is 0. The Morgan fingerprint density at radius 2 is 1.78 bits per heavy atom. The predicted octanol–water partition coefficient (Wildman–Crippen LogP) is 2.56. The van der Waals surface area contributed by atoms with Crippen LogP contribution >= 0.6 is 0 Å². The number of hydrogen-bond donors (Lipinski definition) is 0. The molecule has 1 aliphatic rings. The minimum Gasteiger partial charge on any atom is -0.367 e. The Labute approximate surface area is 134 Å². The van der Waals surface area contributed by atoms with Gasteiger partial charge in [-0.2, -0.15) is 0 Å². The van der Waals surface area contributed by atoms with Gasteiger partial charge in [0.2, 0.25) is 0 Å². The molecule has 2 aromatic carbocycles. The molecule has 0 spiro atoms. The van der Waals surface area contributed by atoms with Crippen molar-refractivity contribution < 1.29 is 13.3 Å². The molecule has 6 nitrogen and oxygen atoms in total. The predicted molar refractivity (Wildman–Crippen MR) is 87.4 cm³/mol. The molecule has 0 aromatic heterocycles. The van der Waals surface area contributed by atoms with E-state index in [2.05, 4.69) is 4.90 Å². The topological polar surface area (TPSA) is 80.5 Å². The Bertz CT molecular complexity index is 860. The van der Waals surface area contributed by atoms with Crippen molar-refractivity contribution >= 4 is 21.2 Å². The lowest BCUT2D eigenvalue weighted by Gasteiger charge is -2.30. The maximum Gasteiger partial charge on any atom is 0.269 e. The number of nitro benzene ring substituents is 1. The molecule has 23 heavy (non-hydrogen) atoms. The second-order valence-electron chi connectivity index (χ2n) is 5.65. The number of non-ortho nitro benzene ring substituents is 1. The fraction of sp³-hybridized carbons (Fsp3) is 0.250. The highest BCUT2D eigenvalue weighted by Gasteiger charge is 2.19. The lowest BCUT2D eigenvalue weighted by Crippen LogP contribution is -2.30. The normalized spacial score (nSPS) is 14.4. The van der Waals surface area contributed by atoms with Gasteiger partial charge in [-0.15, -0.1) is 0 Å². The van der Waals surface area contributed by atoms with Gasteiger partial charge in [0.05, 0.1) is 9.82 Å². The zero-order valence-electron chi connectivity index (χ0n) is 12.6. The van der Waals surface area contributed by atoms with Gasteiger partial charge in [-0.3, -0.25) is 10.1 Å². The SMILES string of the molecule is CS(=O)(=O)c1ccc(N2CCc3ccc([N+](=O)[O-])cc3C2)cc1. The van der Waals surface area contributed by atoms with Gasteiger partial charge in [0, 0.05) is 37.2 Å². The first-order chi connectivity index (χ1) is 10.8. The summed E-state index contributed by atoms with van der Waals surface area (Å²) in [5, 5.41) is 10.9. The van der Waals surface area contributed by atoms with Crippen LogP contribution in [0.3, 0.4) is 0 Å². The highest BCUT2D eigenvalue weighted by atomic mass is 32.2. The molecule has 2 aromatic rings. The van der Waals surface area contributed by atoms with E-state index in [0.29, 0.717) is 6.54 Å². The first-order valence-electron chi connectivity index (χ1n) is 7.16. The zero-order chi connectivity index (χ0) is 16.6. The molecule has 0 saturated carbocycles. The average molecular weight is 332 g/mol. The summed E-state index contributed by atoms with van der Waals surface area (Å²) < 4.78 is 23.0. The Hall–Kier alpha value is -2.41. The first-order valence-corrected chi connectivity index (χ1v) is 9.05. The number of nitro groups is 1. The summed E-state index contributed by atoms with van der Waals surface area (Å²) in [6.07, 6.45) is 1.99. The van der Waals surface area contributed by atoms with Gasteiger partial charge in [0.15, 0.2) is 9.84 Å². The van der Waals surface area contributed by atoms with Crippen LogP contribution in [0.2, 0.25) is 0 Å². The van der Waals surface area contributed by atoms with Gasteiger partial charge < -0.3 is 4.90 Å². The molecule has 1 heterocycles. The van der Waals surface area contributed by atoms with E-state index in [1.807, 2.05) is 6.07 Å². The monoisotopic (exact) mass is 332 g/mol. The summed E-state index contributed by atoms with van der Waals surface area (Å²) in [4.78, 5) is 12.9. The van der Waals surface area contributed by atoms with Crippen LogP contribution in [-0.4, -0.2) is 26.1 Å². The number of benzene rings is 2. The van der Waals surface area contributed by atoms with Crippen molar-refractivity contribution in [1.82, 2.24) is 0 Å². The molecule has 0 amide bonds. The molecule has 0 unspecified atom stereocenters. The fourth-order valence-corrected chi connectivity index (χ4v) is 3.41. The quantitative estimate of drug-likeness (QED) is 0.637. The molecule has 0 radical (unpaired) electrons. The number of anilines is 1. The van der Waals surface area contributed by atoms with E-state index in [1.54, 1.807) is 30.3 Å².